The van der Waals surface area contributed by atoms with Gasteiger partial charge in [0, 0.05) is 12.1 Å². The molecule has 0 saturated carbocycles. The van der Waals surface area contributed by atoms with Crippen molar-refractivity contribution in [3.05, 3.63) is 29.3 Å². The van der Waals surface area contributed by atoms with Gasteiger partial charge in [0.1, 0.15) is 0 Å². The minimum Gasteiger partial charge on any atom is -0.393 e. The molecule has 0 aliphatic carbocycles. The zero-order chi connectivity index (χ0) is 13.7. The van der Waals surface area contributed by atoms with E-state index >= 15 is 0 Å². The summed E-state index contributed by atoms with van der Waals surface area (Å²) < 4.78 is 0. The molecule has 2 aromatic heterocycles. The van der Waals surface area contributed by atoms with Crippen LogP contribution in [0, 0.1) is 5.92 Å². The van der Waals surface area contributed by atoms with Gasteiger partial charge in [-0.3, -0.25) is 5.10 Å². The van der Waals surface area contributed by atoms with Crippen molar-refractivity contribution in [1.29, 1.82) is 0 Å². The van der Waals surface area contributed by atoms with Crippen molar-refractivity contribution < 1.29 is 5.11 Å². The fraction of sp³-hybridized carbons (Fsp3) is 0.500. The molecule has 0 aliphatic heterocycles. The molecular weight excluding hydrogens is 258 g/mol. The van der Waals surface area contributed by atoms with Crippen LogP contribution >= 0.6 is 11.3 Å². The van der Waals surface area contributed by atoms with Crippen LogP contribution in [0.25, 0.3) is 10.6 Å². The Morgan fingerprint density at radius 1 is 1.47 bits per heavy atom. The van der Waals surface area contributed by atoms with E-state index in [0.717, 1.165) is 25.2 Å². The first-order valence-corrected chi connectivity index (χ1v) is 7.49. The first-order chi connectivity index (χ1) is 9.16. The molecule has 0 amide bonds. The third kappa shape index (κ3) is 4.16. The van der Waals surface area contributed by atoms with Gasteiger partial charge in [0.25, 0.3) is 0 Å². The van der Waals surface area contributed by atoms with Gasteiger partial charge in [-0.15, -0.1) is 11.3 Å². The van der Waals surface area contributed by atoms with Crippen molar-refractivity contribution >= 4 is 11.3 Å². The summed E-state index contributed by atoms with van der Waals surface area (Å²) in [5.74, 6) is 0.470. The highest BCUT2D eigenvalue weighted by Gasteiger charge is 2.09. The number of aromatic amines is 1. The van der Waals surface area contributed by atoms with Gasteiger partial charge in [0.15, 0.2) is 0 Å². The largest absolute Gasteiger partial charge is 0.393 e. The third-order valence-electron chi connectivity index (χ3n) is 3.04. The third-order valence-corrected chi connectivity index (χ3v) is 3.92. The summed E-state index contributed by atoms with van der Waals surface area (Å²) in [5, 5.41) is 22.0. The van der Waals surface area contributed by atoms with Crippen LogP contribution in [0.5, 0.6) is 0 Å². The van der Waals surface area contributed by atoms with Crippen molar-refractivity contribution in [2.45, 2.75) is 32.9 Å². The number of thiophene rings is 1. The Morgan fingerprint density at radius 2 is 2.32 bits per heavy atom. The molecule has 3 N–H and O–H groups in total. The highest BCUT2D eigenvalue weighted by atomic mass is 32.1. The number of nitrogens with zero attached hydrogens (tertiary/aromatic N) is 1. The fourth-order valence-corrected chi connectivity index (χ4v) is 2.95. The van der Waals surface area contributed by atoms with Gasteiger partial charge in [-0.25, -0.2) is 0 Å². The minimum absolute atomic E-state index is 0.229. The van der Waals surface area contributed by atoms with Crippen LogP contribution in [0.4, 0.5) is 0 Å². The predicted octanol–water partition coefficient (Wildman–Crippen LogP) is 2.63. The molecule has 104 valence electrons. The summed E-state index contributed by atoms with van der Waals surface area (Å²) in [4.78, 5) is 1.21. The number of hydrogen-bond donors (Lipinski definition) is 3. The molecule has 0 saturated heterocycles. The highest BCUT2D eigenvalue weighted by molar-refractivity contribution is 7.13. The van der Waals surface area contributed by atoms with E-state index in [0.29, 0.717) is 5.92 Å². The summed E-state index contributed by atoms with van der Waals surface area (Å²) >= 11 is 1.71. The number of rotatable bonds is 7. The van der Waals surface area contributed by atoms with Crippen LogP contribution in [0.2, 0.25) is 0 Å². The molecule has 4 nitrogen and oxygen atoms in total. The highest BCUT2D eigenvalue weighted by Crippen LogP contribution is 2.25. The van der Waals surface area contributed by atoms with Crippen molar-refractivity contribution in [3.63, 3.8) is 0 Å². The lowest BCUT2D eigenvalue weighted by molar-refractivity contribution is 0.163. The molecule has 2 rings (SSSR count). The van der Waals surface area contributed by atoms with E-state index < -0.39 is 0 Å². The fourth-order valence-electron chi connectivity index (χ4n) is 2.20. The quantitative estimate of drug-likeness (QED) is 0.730. The Bertz CT molecular complexity index is 479. The van der Waals surface area contributed by atoms with Gasteiger partial charge < -0.3 is 10.4 Å². The van der Waals surface area contributed by atoms with Crippen LogP contribution in [0.15, 0.2) is 23.7 Å². The Labute approximate surface area is 117 Å². The zero-order valence-electron chi connectivity index (χ0n) is 11.4. The standard InChI is InChI=1S/C14H21N3OS/c1-10(6-11(2)18)7-15-8-12-9-16-17-14(12)13-4-3-5-19-13/h3-5,9-11,15,18H,6-8H2,1-2H3,(H,16,17). The Morgan fingerprint density at radius 3 is 3.00 bits per heavy atom. The first-order valence-electron chi connectivity index (χ1n) is 6.61. The van der Waals surface area contributed by atoms with Crippen molar-refractivity contribution in [2.24, 2.45) is 5.92 Å². The minimum atomic E-state index is -0.229. The van der Waals surface area contributed by atoms with Crippen molar-refractivity contribution in [2.75, 3.05) is 6.54 Å². The van der Waals surface area contributed by atoms with E-state index in [1.165, 1.54) is 10.4 Å². The first kappa shape index (κ1) is 14.2. The molecule has 2 aromatic rings. The van der Waals surface area contributed by atoms with Gasteiger partial charge in [-0.1, -0.05) is 13.0 Å². The molecule has 2 unspecified atom stereocenters. The summed E-state index contributed by atoms with van der Waals surface area (Å²) in [6.45, 7) is 5.69. The number of aliphatic hydroxyl groups excluding tert-OH is 1. The average Bonchev–Trinajstić information content (AvgIpc) is 2.96. The molecule has 19 heavy (non-hydrogen) atoms. The number of aromatic nitrogens is 2. The van der Waals surface area contributed by atoms with Gasteiger partial charge in [-0.2, -0.15) is 5.10 Å². The Hall–Kier alpha value is -1.17. The van der Waals surface area contributed by atoms with Crippen LogP contribution < -0.4 is 5.32 Å². The molecule has 0 spiro atoms. The normalized spacial score (nSPS) is 14.5. The van der Waals surface area contributed by atoms with Gasteiger partial charge in [0.2, 0.25) is 0 Å². The number of H-pyrrole nitrogens is 1. The smallest absolute Gasteiger partial charge is 0.0794 e. The molecule has 0 fully saturated rings. The molecule has 0 aromatic carbocycles. The molecule has 0 aliphatic rings. The van der Waals surface area contributed by atoms with Gasteiger partial charge in [-0.05, 0) is 37.3 Å². The van der Waals surface area contributed by atoms with E-state index in [4.69, 9.17) is 0 Å². The second-order valence-electron chi connectivity index (χ2n) is 5.07. The van der Waals surface area contributed by atoms with E-state index in [2.05, 4.69) is 33.9 Å². The lowest BCUT2D eigenvalue weighted by Gasteiger charge is -2.14. The predicted molar refractivity (Wildman–Crippen MR) is 79.1 cm³/mol. The van der Waals surface area contributed by atoms with E-state index in [1.807, 2.05) is 19.2 Å². The van der Waals surface area contributed by atoms with E-state index in [1.54, 1.807) is 11.3 Å². The maximum absolute atomic E-state index is 9.33. The second kappa shape index (κ2) is 6.84. The van der Waals surface area contributed by atoms with Gasteiger partial charge in [0.05, 0.1) is 22.9 Å². The van der Waals surface area contributed by atoms with E-state index in [9.17, 15) is 5.11 Å². The molecule has 2 heterocycles. The topological polar surface area (TPSA) is 60.9 Å². The summed E-state index contributed by atoms with van der Waals surface area (Å²) in [6.07, 6.45) is 2.48. The zero-order valence-corrected chi connectivity index (χ0v) is 12.2. The van der Waals surface area contributed by atoms with Crippen molar-refractivity contribution in [3.8, 4) is 10.6 Å². The molecule has 0 radical (unpaired) electrons. The number of nitrogens with one attached hydrogen (secondary N) is 2. The number of hydrogen-bond acceptors (Lipinski definition) is 4. The lowest BCUT2D eigenvalue weighted by atomic mass is 10.0. The molecular formula is C14H21N3OS. The molecule has 0 bridgehead atoms. The Balaban J connectivity index is 1.86. The maximum Gasteiger partial charge on any atom is 0.0794 e. The van der Waals surface area contributed by atoms with Crippen LogP contribution in [-0.4, -0.2) is 28.0 Å². The maximum atomic E-state index is 9.33. The second-order valence-corrected chi connectivity index (χ2v) is 6.02. The monoisotopic (exact) mass is 279 g/mol. The summed E-state index contributed by atoms with van der Waals surface area (Å²) in [5.41, 5.74) is 2.29. The molecule has 2 atom stereocenters. The number of aliphatic hydroxyl groups is 1. The summed E-state index contributed by atoms with van der Waals surface area (Å²) in [6, 6.07) is 4.14. The van der Waals surface area contributed by atoms with Crippen LogP contribution in [0.1, 0.15) is 25.8 Å². The van der Waals surface area contributed by atoms with Crippen LogP contribution in [-0.2, 0) is 6.54 Å². The van der Waals surface area contributed by atoms with E-state index in [-0.39, 0.29) is 6.10 Å². The van der Waals surface area contributed by atoms with Gasteiger partial charge >= 0.3 is 0 Å². The lowest BCUT2D eigenvalue weighted by Crippen LogP contribution is -2.23. The SMILES string of the molecule is CC(O)CC(C)CNCc1cn[nH]c1-c1cccs1. The average molecular weight is 279 g/mol. The van der Waals surface area contributed by atoms with Crippen molar-refractivity contribution in [1.82, 2.24) is 15.5 Å². The van der Waals surface area contributed by atoms with Crippen LogP contribution in [0.3, 0.4) is 0 Å². The summed E-state index contributed by atoms with van der Waals surface area (Å²) in [7, 11) is 0. The molecule has 5 heteroatoms. The Kier molecular flexibility index (Phi) is 5.13.